The minimum Gasteiger partial charge on any atom is -0.466 e. The number of hydrogen-bond acceptors (Lipinski definition) is 6. The lowest BCUT2D eigenvalue weighted by molar-refractivity contribution is -0.118. The smallest absolute Gasteiger partial charge is 0.262 e. The third kappa shape index (κ3) is 2.99. The molecule has 2 atom stereocenters. The molecule has 4 heterocycles. The van der Waals surface area contributed by atoms with Crippen LogP contribution in [0.2, 0.25) is 0 Å². The molecule has 0 aromatic carbocycles. The summed E-state index contributed by atoms with van der Waals surface area (Å²) in [6.07, 6.45) is 5.45. The number of nitrogens with zero attached hydrogens (tertiary/aromatic N) is 3. The number of carbonyl (C=O) groups is 2. The molecule has 2 aliphatic heterocycles. The Labute approximate surface area is 150 Å². The number of likely N-dealkylation sites (N-methyl/N-ethyl adjacent to an activating group) is 1. The summed E-state index contributed by atoms with van der Waals surface area (Å²) in [4.78, 5) is 34.3. The van der Waals surface area contributed by atoms with Crippen molar-refractivity contribution in [2.75, 3.05) is 25.6 Å². The number of hydrogen-bond donors (Lipinski definition) is 1. The summed E-state index contributed by atoms with van der Waals surface area (Å²) in [6.45, 7) is 0.508. The first kappa shape index (κ1) is 16.5. The van der Waals surface area contributed by atoms with Gasteiger partial charge >= 0.3 is 0 Å². The molecule has 2 aliphatic rings. The van der Waals surface area contributed by atoms with Gasteiger partial charge < -0.3 is 19.7 Å². The summed E-state index contributed by atoms with van der Waals surface area (Å²) < 4.78 is 11.1. The Balaban J connectivity index is 1.56. The molecule has 4 rings (SSSR count). The van der Waals surface area contributed by atoms with E-state index >= 15 is 0 Å². The molecule has 0 aliphatic carbocycles. The van der Waals surface area contributed by atoms with Gasteiger partial charge in [-0.3, -0.25) is 14.6 Å². The highest BCUT2D eigenvalue weighted by Crippen LogP contribution is 2.33. The van der Waals surface area contributed by atoms with E-state index in [9.17, 15) is 9.59 Å². The maximum absolute atomic E-state index is 12.9. The van der Waals surface area contributed by atoms with Crippen LogP contribution in [-0.4, -0.2) is 53.0 Å². The van der Waals surface area contributed by atoms with E-state index in [1.807, 2.05) is 12.1 Å². The zero-order chi connectivity index (χ0) is 18.1. The second kappa shape index (κ2) is 6.72. The zero-order valence-corrected chi connectivity index (χ0v) is 14.2. The average Bonchev–Trinajstić information content (AvgIpc) is 3.16. The molecule has 1 N–H and O–H groups in total. The molecular formula is C18H18N4O4. The van der Waals surface area contributed by atoms with E-state index < -0.39 is 0 Å². The van der Waals surface area contributed by atoms with Gasteiger partial charge in [-0.1, -0.05) is 6.07 Å². The lowest BCUT2D eigenvalue weighted by atomic mass is 10.0. The summed E-state index contributed by atoms with van der Waals surface area (Å²) in [7, 11) is 1.75. The fourth-order valence-corrected chi connectivity index (χ4v) is 3.29. The van der Waals surface area contributed by atoms with Crippen molar-refractivity contribution in [3.8, 4) is 5.88 Å². The molecule has 0 unspecified atom stereocenters. The largest absolute Gasteiger partial charge is 0.466 e. The first-order valence-electron chi connectivity index (χ1n) is 8.35. The van der Waals surface area contributed by atoms with E-state index in [0.717, 1.165) is 12.0 Å². The van der Waals surface area contributed by atoms with E-state index in [4.69, 9.17) is 9.47 Å². The number of amides is 2. The SMILES string of the molecule is CN(C(=O)c1cnc2c(c1)NC(=O)CO2)[C@H]1CCO[C@@H]1c1cccnc1. The van der Waals surface area contributed by atoms with Gasteiger partial charge in [-0.05, 0) is 18.6 Å². The lowest BCUT2D eigenvalue weighted by Gasteiger charge is -2.29. The van der Waals surface area contributed by atoms with E-state index in [1.165, 1.54) is 6.20 Å². The molecule has 0 bridgehead atoms. The van der Waals surface area contributed by atoms with E-state index in [2.05, 4.69) is 15.3 Å². The van der Waals surface area contributed by atoms with Crippen molar-refractivity contribution in [2.45, 2.75) is 18.6 Å². The van der Waals surface area contributed by atoms with Gasteiger partial charge in [0, 0.05) is 37.8 Å². The summed E-state index contributed by atoms with van der Waals surface area (Å²) in [5, 5.41) is 2.67. The van der Waals surface area contributed by atoms with Crippen molar-refractivity contribution in [1.82, 2.24) is 14.9 Å². The summed E-state index contributed by atoms with van der Waals surface area (Å²) in [5.74, 6) is -0.135. The van der Waals surface area contributed by atoms with E-state index in [0.29, 0.717) is 23.7 Å². The van der Waals surface area contributed by atoms with Crippen molar-refractivity contribution in [2.24, 2.45) is 0 Å². The van der Waals surface area contributed by atoms with Crippen LogP contribution in [0.15, 0.2) is 36.8 Å². The number of pyridine rings is 2. The van der Waals surface area contributed by atoms with Gasteiger partial charge in [0.25, 0.3) is 11.8 Å². The van der Waals surface area contributed by atoms with Crippen molar-refractivity contribution in [3.05, 3.63) is 47.9 Å². The van der Waals surface area contributed by atoms with Crippen LogP contribution in [-0.2, 0) is 9.53 Å². The maximum Gasteiger partial charge on any atom is 0.262 e. The Bertz CT molecular complexity index is 842. The van der Waals surface area contributed by atoms with Crippen LogP contribution in [0.3, 0.4) is 0 Å². The highest BCUT2D eigenvalue weighted by atomic mass is 16.5. The Morgan fingerprint density at radius 3 is 3.08 bits per heavy atom. The highest BCUT2D eigenvalue weighted by Gasteiger charge is 2.35. The normalized spacial score (nSPS) is 21.5. The van der Waals surface area contributed by atoms with Gasteiger partial charge in [0.05, 0.1) is 11.6 Å². The molecule has 26 heavy (non-hydrogen) atoms. The maximum atomic E-state index is 12.9. The predicted octanol–water partition coefficient (Wildman–Crippen LogP) is 1.41. The average molecular weight is 354 g/mol. The third-order valence-electron chi connectivity index (χ3n) is 4.60. The van der Waals surface area contributed by atoms with E-state index in [-0.39, 0.29) is 30.6 Å². The monoisotopic (exact) mass is 354 g/mol. The minimum absolute atomic E-state index is 0.0700. The van der Waals surface area contributed by atoms with Crippen molar-refractivity contribution in [3.63, 3.8) is 0 Å². The number of ether oxygens (including phenoxy) is 2. The van der Waals surface area contributed by atoms with Crippen LogP contribution in [0.4, 0.5) is 5.69 Å². The quantitative estimate of drug-likeness (QED) is 0.896. The van der Waals surface area contributed by atoms with Crippen molar-refractivity contribution < 1.29 is 19.1 Å². The standard InChI is InChI=1S/C18H18N4O4/c1-22(14-4-6-25-16(14)11-3-2-5-19-8-11)18(24)12-7-13-17(20-9-12)26-10-15(23)21-13/h2-3,5,7-9,14,16H,4,6,10H2,1H3,(H,21,23)/t14-,16+/m0/s1. The van der Waals surface area contributed by atoms with Crippen LogP contribution in [0.25, 0.3) is 0 Å². The molecule has 0 saturated carbocycles. The topological polar surface area (TPSA) is 93.7 Å². The Morgan fingerprint density at radius 1 is 1.38 bits per heavy atom. The molecule has 1 fully saturated rings. The molecule has 8 nitrogen and oxygen atoms in total. The predicted molar refractivity (Wildman–Crippen MR) is 91.8 cm³/mol. The summed E-state index contributed by atoms with van der Waals surface area (Å²) >= 11 is 0. The van der Waals surface area contributed by atoms with Crippen LogP contribution >= 0.6 is 0 Å². The van der Waals surface area contributed by atoms with Gasteiger partial charge in [0.2, 0.25) is 5.88 Å². The molecule has 2 aromatic heterocycles. The van der Waals surface area contributed by atoms with Crippen LogP contribution < -0.4 is 10.1 Å². The summed E-state index contributed by atoms with van der Waals surface area (Å²) in [6, 6.07) is 5.29. The minimum atomic E-state index is -0.266. The number of rotatable bonds is 3. The molecule has 0 radical (unpaired) electrons. The molecule has 8 heteroatoms. The number of aromatic nitrogens is 2. The summed E-state index contributed by atoms with van der Waals surface area (Å²) in [5.41, 5.74) is 1.74. The molecule has 2 aromatic rings. The Morgan fingerprint density at radius 2 is 2.27 bits per heavy atom. The second-order valence-electron chi connectivity index (χ2n) is 6.26. The molecule has 1 saturated heterocycles. The lowest BCUT2D eigenvalue weighted by Crippen LogP contribution is -2.39. The van der Waals surface area contributed by atoms with Gasteiger partial charge in [-0.25, -0.2) is 4.98 Å². The van der Waals surface area contributed by atoms with Gasteiger partial charge in [0.15, 0.2) is 6.61 Å². The van der Waals surface area contributed by atoms with Gasteiger partial charge in [-0.2, -0.15) is 0 Å². The Hall–Kier alpha value is -3.00. The highest BCUT2D eigenvalue weighted by molar-refractivity contribution is 5.99. The van der Waals surface area contributed by atoms with E-state index in [1.54, 1.807) is 30.4 Å². The van der Waals surface area contributed by atoms with Crippen LogP contribution in [0, 0.1) is 0 Å². The van der Waals surface area contributed by atoms with Gasteiger partial charge in [0.1, 0.15) is 11.8 Å². The van der Waals surface area contributed by atoms with Crippen LogP contribution in [0.1, 0.15) is 28.4 Å². The second-order valence-corrected chi connectivity index (χ2v) is 6.26. The van der Waals surface area contributed by atoms with Gasteiger partial charge in [-0.15, -0.1) is 0 Å². The van der Waals surface area contributed by atoms with Crippen LogP contribution in [0.5, 0.6) is 5.88 Å². The Kier molecular flexibility index (Phi) is 4.26. The first-order valence-corrected chi connectivity index (χ1v) is 8.35. The molecule has 134 valence electrons. The molecule has 0 spiro atoms. The fourth-order valence-electron chi connectivity index (χ4n) is 3.29. The number of anilines is 1. The first-order chi connectivity index (χ1) is 12.6. The van der Waals surface area contributed by atoms with Crippen molar-refractivity contribution in [1.29, 1.82) is 0 Å². The number of fused-ring (bicyclic) bond motifs is 1. The molecule has 2 amide bonds. The molecular weight excluding hydrogens is 336 g/mol. The van der Waals surface area contributed by atoms with Crippen molar-refractivity contribution >= 4 is 17.5 Å². The fraction of sp³-hybridized carbons (Fsp3) is 0.333. The number of carbonyl (C=O) groups excluding carboxylic acids is 2. The third-order valence-corrected chi connectivity index (χ3v) is 4.60. The number of nitrogens with one attached hydrogen (secondary N) is 1. The zero-order valence-electron chi connectivity index (χ0n) is 14.2.